The molecule has 2 atom stereocenters. The lowest BCUT2D eigenvalue weighted by Crippen LogP contribution is -2.49. The summed E-state index contributed by atoms with van der Waals surface area (Å²) in [5.74, 6) is 1.03. The predicted molar refractivity (Wildman–Crippen MR) is 110 cm³/mol. The van der Waals surface area contributed by atoms with Crippen molar-refractivity contribution in [1.29, 1.82) is 0 Å². The van der Waals surface area contributed by atoms with Crippen LogP contribution < -0.4 is 4.90 Å². The lowest BCUT2D eigenvalue weighted by Gasteiger charge is -2.41. The molecule has 2 aromatic rings. The van der Waals surface area contributed by atoms with Gasteiger partial charge >= 0.3 is 6.18 Å². The lowest BCUT2D eigenvalue weighted by molar-refractivity contribution is -0.136. The molecule has 4 rings (SSSR count). The Bertz CT molecular complexity index is 846. The highest BCUT2D eigenvalue weighted by Crippen LogP contribution is 2.39. The second kappa shape index (κ2) is 8.11. The fourth-order valence-corrected chi connectivity index (χ4v) is 4.87. The van der Waals surface area contributed by atoms with Gasteiger partial charge < -0.3 is 14.7 Å². The van der Waals surface area contributed by atoms with Crippen molar-refractivity contribution in [1.82, 2.24) is 14.8 Å². The lowest BCUT2D eigenvalue weighted by atomic mass is 9.89. The Morgan fingerprint density at radius 3 is 2.55 bits per heavy atom. The Hall–Kier alpha value is -1.86. The third-order valence-electron chi connectivity index (χ3n) is 6.25. The summed E-state index contributed by atoms with van der Waals surface area (Å²) in [6.07, 6.45) is -1.79. The third-order valence-corrected chi connectivity index (χ3v) is 6.25. The standard InChI is InChI=1S/C22H29F3N4/c1-16-12-17(14-28-10-8-27(2)9-11-28)15-29(13-16)20-6-5-19(22(23,24)25)21-18(20)4-3-7-26-21/h3-7,16-17H,8-15H2,1-2H3/t16-,17-/m1/s1. The number of likely N-dealkylation sites (N-methyl/N-ethyl adjacent to an activating group) is 1. The molecule has 0 N–H and O–H groups in total. The van der Waals surface area contributed by atoms with Gasteiger partial charge in [-0.15, -0.1) is 0 Å². The molecular formula is C22H29F3N4. The molecule has 1 aromatic carbocycles. The number of hydrogen-bond acceptors (Lipinski definition) is 4. The molecule has 1 aromatic heterocycles. The Balaban J connectivity index is 1.58. The van der Waals surface area contributed by atoms with E-state index in [1.165, 1.54) is 18.7 Å². The van der Waals surface area contributed by atoms with Crippen LogP contribution in [-0.2, 0) is 6.18 Å². The number of rotatable bonds is 3. The van der Waals surface area contributed by atoms with Gasteiger partial charge in [0.2, 0.25) is 0 Å². The maximum atomic E-state index is 13.4. The molecule has 2 fully saturated rings. The number of piperazine rings is 1. The van der Waals surface area contributed by atoms with Crippen molar-refractivity contribution in [2.24, 2.45) is 11.8 Å². The topological polar surface area (TPSA) is 22.6 Å². The quantitative estimate of drug-likeness (QED) is 0.770. The highest BCUT2D eigenvalue weighted by Gasteiger charge is 2.35. The summed E-state index contributed by atoms with van der Waals surface area (Å²) in [6.45, 7) is 9.44. The number of alkyl halides is 3. The number of anilines is 1. The monoisotopic (exact) mass is 406 g/mol. The molecule has 2 aliphatic heterocycles. The van der Waals surface area contributed by atoms with E-state index in [-0.39, 0.29) is 5.52 Å². The van der Waals surface area contributed by atoms with Crippen LogP contribution >= 0.6 is 0 Å². The van der Waals surface area contributed by atoms with Crippen LogP contribution in [-0.4, -0.2) is 67.6 Å². The van der Waals surface area contributed by atoms with Gasteiger partial charge in [-0.3, -0.25) is 4.98 Å². The van der Waals surface area contributed by atoms with Crippen molar-refractivity contribution in [2.45, 2.75) is 19.5 Å². The number of piperidine rings is 1. The van der Waals surface area contributed by atoms with E-state index in [4.69, 9.17) is 0 Å². The highest BCUT2D eigenvalue weighted by atomic mass is 19.4. The molecule has 0 unspecified atom stereocenters. The minimum atomic E-state index is -4.40. The number of pyridine rings is 1. The summed E-state index contributed by atoms with van der Waals surface area (Å²) in [5, 5.41) is 0.592. The average molecular weight is 406 g/mol. The van der Waals surface area contributed by atoms with Crippen molar-refractivity contribution >= 4 is 16.6 Å². The molecule has 158 valence electrons. The minimum absolute atomic E-state index is 0.0475. The molecule has 3 heterocycles. The molecule has 2 saturated heterocycles. The summed E-state index contributed by atoms with van der Waals surface area (Å²) < 4.78 is 40.3. The summed E-state index contributed by atoms with van der Waals surface area (Å²) in [5.41, 5.74) is 0.262. The van der Waals surface area contributed by atoms with E-state index >= 15 is 0 Å². The first-order valence-corrected chi connectivity index (χ1v) is 10.4. The van der Waals surface area contributed by atoms with Gasteiger partial charge in [-0.05, 0) is 49.6 Å². The fourth-order valence-electron chi connectivity index (χ4n) is 4.87. The number of hydrogen-bond donors (Lipinski definition) is 0. The van der Waals surface area contributed by atoms with Crippen LogP contribution in [0.25, 0.3) is 10.9 Å². The van der Waals surface area contributed by atoms with Gasteiger partial charge in [-0.1, -0.05) is 6.92 Å². The SMILES string of the molecule is C[C@@H]1C[C@H](CN2CCN(C)CC2)CN(c2ccc(C(F)(F)F)c3ncccc23)C1. The van der Waals surface area contributed by atoms with E-state index < -0.39 is 11.7 Å². The molecule has 0 saturated carbocycles. The predicted octanol–water partition coefficient (Wildman–Crippen LogP) is 3.96. The smallest absolute Gasteiger partial charge is 0.370 e. The van der Waals surface area contributed by atoms with Gasteiger partial charge in [0.05, 0.1) is 11.1 Å². The van der Waals surface area contributed by atoms with Gasteiger partial charge in [0.15, 0.2) is 0 Å². The van der Waals surface area contributed by atoms with E-state index in [1.54, 1.807) is 18.2 Å². The van der Waals surface area contributed by atoms with Crippen molar-refractivity contribution < 1.29 is 13.2 Å². The summed E-state index contributed by atoms with van der Waals surface area (Å²) >= 11 is 0. The van der Waals surface area contributed by atoms with Gasteiger partial charge in [-0.2, -0.15) is 13.2 Å². The summed E-state index contributed by atoms with van der Waals surface area (Å²) in [7, 11) is 2.16. The van der Waals surface area contributed by atoms with E-state index in [9.17, 15) is 13.2 Å². The molecule has 0 spiro atoms. The number of halogens is 3. The van der Waals surface area contributed by atoms with Crippen LogP contribution in [0, 0.1) is 11.8 Å². The summed E-state index contributed by atoms with van der Waals surface area (Å²) in [4.78, 5) is 11.2. The van der Waals surface area contributed by atoms with Crippen molar-refractivity contribution in [3.63, 3.8) is 0 Å². The Morgan fingerprint density at radius 1 is 1.07 bits per heavy atom. The van der Waals surface area contributed by atoms with E-state index in [0.29, 0.717) is 17.2 Å². The Labute approximate surface area is 170 Å². The second-order valence-corrected chi connectivity index (χ2v) is 8.75. The molecule has 0 radical (unpaired) electrons. The van der Waals surface area contributed by atoms with Crippen LogP contribution in [0.2, 0.25) is 0 Å². The summed E-state index contributed by atoms with van der Waals surface area (Å²) in [6, 6.07) is 6.32. The first kappa shape index (κ1) is 20.4. The highest BCUT2D eigenvalue weighted by molar-refractivity contribution is 5.94. The zero-order chi connectivity index (χ0) is 20.6. The molecule has 4 nitrogen and oxygen atoms in total. The van der Waals surface area contributed by atoms with Crippen LogP contribution in [0.5, 0.6) is 0 Å². The molecule has 7 heteroatoms. The zero-order valence-corrected chi connectivity index (χ0v) is 17.1. The van der Waals surface area contributed by atoms with Gasteiger partial charge in [0.25, 0.3) is 0 Å². The first-order valence-electron chi connectivity index (χ1n) is 10.4. The number of nitrogens with zero attached hydrogens (tertiary/aromatic N) is 4. The first-order chi connectivity index (χ1) is 13.8. The van der Waals surface area contributed by atoms with Crippen molar-refractivity contribution in [3.8, 4) is 0 Å². The van der Waals surface area contributed by atoms with E-state index in [2.05, 4.69) is 33.7 Å². The van der Waals surface area contributed by atoms with E-state index in [1.807, 2.05) is 0 Å². The number of aromatic nitrogens is 1. The van der Waals surface area contributed by atoms with Crippen LogP contribution in [0.4, 0.5) is 18.9 Å². The maximum Gasteiger partial charge on any atom is 0.418 e. The van der Waals surface area contributed by atoms with Gasteiger partial charge in [0, 0.05) is 63.1 Å². The van der Waals surface area contributed by atoms with Gasteiger partial charge in [0.1, 0.15) is 0 Å². The molecule has 0 amide bonds. The van der Waals surface area contributed by atoms with Crippen LogP contribution in [0.3, 0.4) is 0 Å². The molecule has 29 heavy (non-hydrogen) atoms. The van der Waals surface area contributed by atoms with Crippen molar-refractivity contribution in [3.05, 3.63) is 36.0 Å². The maximum absolute atomic E-state index is 13.4. The minimum Gasteiger partial charge on any atom is -0.370 e. The number of benzene rings is 1. The molecular weight excluding hydrogens is 377 g/mol. The largest absolute Gasteiger partial charge is 0.418 e. The van der Waals surface area contributed by atoms with Crippen LogP contribution in [0.15, 0.2) is 30.5 Å². The van der Waals surface area contributed by atoms with Crippen molar-refractivity contribution in [2.75, 3.05) is 57.8 Å². The third kappa shape index (κ3) is 4.51. The normalized spacial score (nSPS) is 24.9. The molecule has 0 aliphatic carbocycles. The number of fused-ring (bicyclic) bond motifs is 1. The Kier molecular flexibility index (Phi) is 5.71. The zero-order valence-electron chi connectivity index (χ0n) is 17.1. The Morgan fingerprint density at radius 2 is 1.83 bits per heavy atom. The average Bonchev–Trinajstić information content (AvgIpc) is 2.67. The molecule has 0 bridgehead atoms. The van der Waals surface area contributed by atoms with Crippen LogP contribution in [0.1, 0.15) is 18.9 Å². The van der Waals surface area contributed by atoms with E-state index in [0.717, 1.165) is 51.5 Å². The molecule has 2 aliphatic rings. The fraction of sp³-hybridized carbons (Fsp3) is 0.591. The van der Waals surface area contributed by atoms with Gasteiger partial charge in [-0.25, -0.2) is 0 Å². The second-order valence-electron chi connectivity index (χ2n) is 8.75.